The van der Waals surface area contributed by atoms with Gasteiger partial charge in [-0.2, -0.15) is 0 Å². The van der Waals surface area contributed by atoms with Gasteiger partial charge in [-0.3, -0.25) is 63.9 Å². The highest BCUT2D eigenvalue weighted by Gasteiger charge is 2.36. The molecule has 0 fully saturated rings. The molecule has 0 bridgehead atoms. The number of amidine groups is 2. The number of hydrogen-bond donors (Lipinski definition) is 11. The number of fused-ring (bicyclic) bond motifs is 1. The molecule has 48 heteroatoms. The number of aryl methyl sites for hydroxylation is 6. The Labute approximate surface area is 819 Å². The van der Waals surface area contributed by atoms with Crippen LogP contribution in [0.25, 0.3) is 0 Å². The van der Waals surface area contributed by atoms with Gasteiger partial charge in [-0.05, 0) is 62.7 Å². The summed E-state index contributed by atoms with van der Waals surface area (Å²) in [4.78, 5) is 137. The summed E-state index contributed by atoms with van der Waals surface area (Å²) in [5, 5.41) is 43.7. The van der Waals surface area contributed by atoms with Crippen molar-refractivity contribution in [2.45, 2.75) is 52.5 Å². The van der Waals surface area contributed by atoms with Crippen LogP contribution in [-0.2, 0) is 121 Å². The molecule has 140 heavy (non-hydrogen) atoms. The van der Waals surface area contributed by atoms with E-state index in [0.717, 1.165) is 21.6 Å². The van der Waals surface area contributed by atoms with Crippen molar-refractivity contribution in [3.8, 4) is 11.5 Å². The molecule has 0 radical (unpaired) electrons. The average molecular weight is 2000 g/mol. The molecule has 1 atom stereocenters. The molecule has 9 rings (SSSR count). The van der Waals surface area contributed by atoms with E-state index in [1.807, 2.05) is 26.0 Å². The lowest BCUT2D eigenvalue weighted by Crippen LogP contribution is -2.41. The monoisotopic (exact) mass is 1990 g/mol. The predicted molar refractivity (Wildman–Crippen MR) is 519 cm³/mol. The van der Waals surface area contributed by atoms with Gasteiger partial charge in [-0.1, -0.05) is 23.7 Å². The number of methoxy groups -OCH3 is 1. The maximum Gasteiger partial charge on any atom is 0.291 e. The number of ether oxygens (including phenoxy) is 16. The fourth-order valence-electron chi connectivity index (χ4n) is 13.3. The molecule has 46 nitrogen and oxygen atoms in total. The van der Waals surface area contributed by atoms with E-state index in [4.69, 9.17) is 97.8 Å². The molecule has 11 N–H and O–H groups in total. The molecule has 8 aromatic rings. The minimum Gasteiger partial charge on any atom is -0.487 e. The zero-order valence-electron chi connectivity index (χ0n) is 80.4. The van der Waals surface area contributed by atoms with Gasteiger partial charge in [0.25, 0.3) is 29.5 Å². The van der Waals surface area contributed by atoms with Crippen molar-refractivity contribution in [3.05, 3.63) is 147 Å². The van der Waals surface area contributed by atoms with Crippen LogP contribution in [0.15, 0.2) is 96.8 Å². The normalized spacial score (nSPS) is 12.4. The zero-order chi connectivity index (χ0) is 100. The summed E-state index contributed by atoms with van der Waals surface area (Å²) in [6.07, 6.45) is 8.58. The second-order valence-electron chi connectivity index (χ2n) is 31.1. The zero-order valence-corrected chi connectivity index (χ0v) is 81.9. The number of hydrogen-bond acceptors (Lipinski definition) is 32. The number of carbonyl (C=O) groups excluding carboxylic acids is 9. The molecule has 2 aromatic carbocycles. The SMILES string of the molecule is COCCOCCOCCOCCOCCOCCOc1cc(NC(=O)C[C@@H]2N=C(c3ccc(Cl)cc3)c3c(sc(C)c3C)N(C(C)=N)C2=N)ccc1OCCOCCOCCOCCOCCOCCOCCOCCOCCNC(=O)CCNC(=O)c1nc(NC(=O)CCNC(=O)c2cc(NC(=O)c3nc(NC(=O)CCNC(=O)c4cc(NC(=O)c5nccn5C)cn4C)cn3C)cn2C)cn1C. The lowest BCUT2D eigenvalue weighted by Gasteiger charge is -2.24. The Hall–Kier alpha value is -12.3. The van der Waals surface area contributed by atoms with Crippen molar-refractivity contribution < 1.29 is 119 Å². The van der Waals surface area contributed by atoms with Crippen LogP contribution in [0.2, 0.25) is 5.02 Å². The van der Waals surface area contributed by atoms with Gasteiger partial charge in [0.05, 0.1) is 202 Å². The van der Waals surface area contributed by atoms with Gasteiger partial charge in [0.1, 0.15) is 47.3 Å². The minimum atomic E-state index is -0.945. The molecule has 764 valence electrons. The molecule has 9 amide bonds. The Morgan fingerprint density at radius 2 is 0.836 bits per heavy atom. The van der Waals surface area contributed by atoms with Gasteiger partial charge in [0.2, 0.25) is 35.3 Å². The van der Waals surface area contributed by atoms with Crippen LogP contribution < -0.4 is 62.2 Å². The fraction of sp³-hybridized carbons (Fsp3) is 0.511. The molecule has 7 heterocycles. The Bertz CT molecular complexity index is 5340. The summed E-state index contributed by atoms with van der Waals surface area (Å²) < 4.78 is 97.5. The van der Waals surface area contributed by atoms with Gasteiger partial charge < -0.3 is 146 Å². The van der Waals surface area contributed by atoms with Crippen molar-refractivity contribution in [1.29, 1.82) is 10.8 Å². The Balaban J connectivity index is 0.537. The van der Waals surface area contributed by atoms with Gasteiger partial charge in [-0.15, -0.1) is 11.3 Å². The van der Waals surface area contributed by atoms with E-state index < -0.39 is 53.3 Å². The van der Waals surface area contributed by atoms with E-state index in [-0.39, 0.29) is 149 Å². The summed E-state index contributed by atoms with van der Waals surface area (Å²) in [5.41, 5.74) is 4.61. The molecular formula is C92H128ClN21O25S. The van der Waals surface area contributed by atoms with E-state index in [2.05, 4.69) is 62.8 Å². The molecular weight excluding hydrogens is 1870 g/mol. The Morgan fingerprint density at radius 3 is 1.28 bits per heavy atom. The third-order valence-corrected chi connectivity index (χ3v) is 21.8. The summed E-state index contributed by atoms with van der Waals surface area (Å²) in [7, 11) is 9.65. The summed E-state index contributed by atoms with van der Waals surface area (Å²) in [6.45, 7) is 16.2. The fourth-order valence-corrected chi connectivity index (χ4v) is 14.7. The van der Waals surface area contributed by atoms with Crippen molar-refractivity contribution in [3.63, 3.8) is 0 Å². The number of nitrogens with one attached hydrogen (secondary N) is 11. The van der Waals surface area contributed by atoms with Crippen LogP contribution in [0.4, 0.5) is 33.7 Å². The van der Waals surface area contributed by atoms with Crippen LogP contribution in [0.3, 0.4) is 0 Å². The summed E-state index contributed by atoms with van der Waals surface area (Å²) >= 11 is 7.77. The highest BCUT2D eigenvalue weighted by Crippen LogP contribution is 2.41. The smallest absolute Gasteiger partial charge is 0.291 e. The molecule has 0 aliphatic carbocycles. The van der Waals surface area contributed by atoms with Crippen LogP contribution in [-0.4, -0.2) is 339 Å². The molecule has 0 saturated heterocycles. The first-order valence-corrected chi connectivity index (χ1v) is 46.7. The van der Waals surface area contributed by atoms with E-state index >= 15 is 0 Å². The Morgan fingerprint density at radius 1 is 0.421 bits per heavy atom. The number of rotatable bonds is 69. The maximum atomic E-state index is 14.0. The average Bonchev–Trinajstić information content (AvgIpc) is 1.60. The largest absolute Gasteiger partial charge is 0.487 e. The number of nitrogens with zero attached hydrogens (tertiary/aromatic N) is 10. The first-order chi connectivity index (χ1) is 67.7. The topological polar surface area (TPSA) is 536 Å². The van der Waals surface area contributed by atoms with Crippen molar-refractivity contribution >= 4 is 127 Å². The number of imidazole rings is 3. The second-order valence-corrected chi connectivity index (χ2v) is 32.8. The maximum absolute atomic E-state index is 14.0. The molecule has 0 saturated carbocycles. The number of amides is 9. The summed E-state index contributed by atoms with van der Waals surface area (Å²) in [5.74, 6) is -3.25. The molecule has 0 unspecified atom stereocenters. The van der Waals surface area contributed by atoms with E-state index in [1.54, 1.807) is 101 Å². The van der Waals surface area contributed by atoms with E-state index in [1.165, 1.54) is 66.5 Å². The van der Waals surface area contributed by atoms with Crippen LogP contribution in [0, 0.1) is 24.7 Å². The number of aliphatic imine (C=N–C) groups is 1. The van der Waals surface area contributed by atoms with Gasteiger partial charge >= 0.3 is 0 Å². The lowest BCUT2D eigenvalue weighted by atomic mass is 9.99. The first-order valence-electron chi connectivity index (χ1n) is 45.5. The molecule has 6 aromatic heterocycles. The molecule has 1 aliphatic heterocycles. The third-order valence-electron chi connectivity index (χ3n) is 20.4. The molecule has 0 spiro atoms. The first kappa shape index (κ1) is 111. The number of aromatic nitrogens is 8. The number of benzene rings is 2. The quantitative estimate of drug-likeness (QED) is 0.0127. The van der Waals surface area contributed by atoms with Crippen LogP contribution in [0.1, 0.15) is 107 Å². The standard InChI is InChI=1S/C92H128ClN21O25S/c1-62-63(2)140-92-81(62)82(65-10-12-66(93)13-11-65)104-70(83(95)114(92)64(3)94)57-80(118)101-67-14-15-73(74(56-67)139-53-51-137-49-47-135-45-43-130-35-34-128-31-30-126-27-26-124-9)138-52-50-136-48-46-134-44-42-133-41-40-132-39-38-131-37-36-129-33-32-127-29-28-125-25-23-96-77(115)16-19-100-89(121)85-107-75(60-112(85)7)105-78(116)17-20-99-88(120)72-55-69(59-111(72)6)103-91(123)86-108-76(61-113(86)8)106-79(117)18-21-98-87(119)71-54-68(58-110(71)5)102-90(122)84-97-22-24-109(84)4/h10-15,22,24,54-56,58-61,70,94-95H,16-21,23,25-53,57H2,1-9H3,(H,96,115)(H,98,119)(H,99,120)(H,100,121)(H,101,118)(H,102,122)(H,103,123)(H,105,116)(H,106,117)/t70-/m0/s1. The van der Waals surface area contributed by atoms with Gasteiger partial charge in [-0.25, -0.2) is 15.0 Å². The predicted octanol–water partition coefficient (Wildman–Crippen LogP) is 5.50. The van der Waals surface area contributed by atoms with E-state index in [0.29, 0.717) is 197 Å². The van der Waals surface area contributed by atoms with Crippen molar-refractivity contribution in [2.24, 2.45) is 40.2 Å². The highest BCUT2D eigenvalue weighted by atomic mass is 35.5. The third kappa shape index (κ3) is 38.4. The number of halogens is 1. The van der Waals surface area contributed by atoms with Gasteiger partial charge in [0, 0.05) is 158 Å². The van der Waals surface area contributed by atoms with Gasteiger partial charge in [0.15, 0.2) is 29.0 Å². The summed E-state index contributed by atoms with van der Waals surface area (Å²) in [6, 6.07) is 14.3. The van der Waals surface area contributed by atoms with Crippen molar-refractivity contribution in [1.82, 2.24) is 59.1 Å². The molecule has 1 aliphatic rings. The van der Waals surface area contributed by atoms with Crippen molar-refractivity contribution in [2.75, 3.05) is 256 Å². The Kier molecular flexibility index (Phi) is 48.8. The minimum absolute atomic E-state index is 0.000804. The lowest BCUT2D eigenvalue weighted by molar-refractivity contribution is -0.121. The second kappa shape index (κ2) is 61.3. The number of thiophene rings is 1. The number of anilines is 6. The number of carbonyl (C=O) groups is 9. The van der Waals surface area contributed by atoms with Crippen LogP contribution in [0.5, 0.6) is 11.5 Å². The van der Waals surface area contributed by atoms with E-state index in [9.17, 15) is 48.6 Å². The highest BCUT2D eigenvalue weighted by molar-refractivity contribution is 7.17. The van der Waals surface area contributed by atoms with Crippen LogP contribution >= 0.6 is 22.9 Å².